The van der Waals surface area contributed by atoms with Crippen LogP contribution in [0.15, 0.2) is 27.0 Å². The number of rotatable bonds is 5. The van der Waals surface area contributed by atoms with Gasteiger partial charge in [-0.15, -0.1) is 6.58 Å². The summed E-state index contributed by atoms with van der Waals surface area (Å²) >= 11 is 0. The lowest BCUT2D eigenvalue weighted by molar-refractivity contribution is 0.265. The topological polar surface area (TPSA) is 86.2 Å². The van der Waals surface area contributed by atoms with Crippen molar-refractivity contribution in [1.82, 2.24) is 13.7 Å². The monoisotopic (exact) mass is 241 g/mol. The number of nitrogens with zero attached hydrogens (tertiary/aromatic N) is 3. The van der Waals surface area contributed by atoms with Crippen molar-refractivity contribution < 1.29 is 5.11 Å². The molecule has 0 saturated heterocycles. The number of hydrogen-bond donors (Lipinski definition) is 1. The zero-order chi connectivity index (χ0) is 13.0. The van der Waals surface area contributed by atoms with Crippen LogP contribution in [0.5, 0.6) is 0 Å². The van der Waals surface area contributed by atoms with Crippen molar-refractivity contribution in [3.8, 4) is 0 Å². The van der Waals surface area contributed by atoms with Gasteiger partial charge in [-0.3, -0.25) is 0 Å². The van der Waals surface area contributed by atoms with Crippen molar-refractivity contribution in [3.05, 3.63) is 44.1 Å². The fourth-order valence-electron chi connectivity index (χ4n) is 1.53. The molecule has 0 spiro atoms. The summed E-state index contributed by atoms with van der Waals surface area (Å²) in [6.45, 7) is 4.81. The maximum absolute atomic E-state index is 11.8. The van der Waals surface area contributed by atoms with Crippen molar-refractivity contribution >= 4 is 0 Å². The molecule has 1 aromatic rings. The van der Waals surface area contributed by atoms with Gasteiger partial charge >= 0.3 is 17.1 Å². The average Bonchev–Trinajstić information content (AvgIpc) is 2.31. The predicted molar refractivity (Wildman–Crippen MR) is 62.2 cm³/mol. The Labute approximate surface area is 96.9 Å². The molecule has 0 amide bonds. The Morgan fingerprint density at radius 1 is 1.12 bits per heavy atom. The summed E-state index contributed by atoms with van der Waals surface area (Å²) in [5.74, 6) is 0. The first-order valence-corrected chi connectivity index (χ1v) is 5.24. The Kier molecular flexibility index (Phi) is 4.22. The van der Waals surface area contributed by atoms with Crippen LogP contribution in [0.2, 0.25) is 0 Å². The minimum atomic E-state index is -0.723. The summed E-state index contributed by atoms with van der Waals surface area (Å²) in [6.07, 6.45) is 1.40. The molecule has 0 bridgehead atoms. The molecule has 0 aliphatic heterocycles. The Hall–Kier alpha value is -1.89. The third kappa shape index (κ3) is 2.28. The maximum Gasteiger partial charge on any atom is 0.336 e. The van der Waals surface area contributed by atoms with Crippen LogP contribution in [0.1, 0.15) is 6.92 Å². The second-order valence-electron chi connectivity index (χ2n) is 3.37. The van der Waals surface area contributed by atoms with Gasteiger partial charge < -0.3 is 5.11 Å². The van der Waals surface area contributed by atoms with E-state index >= 15 is 0 Å². The lowest BCUT2D eigenvalue weighted by Gasteiger charge is -2.10. The van der Waals surface area contributed by atoms with E-state index in [1.807, 2.05) is 0 Å². The van der Waals surface area contributed by atoms with Crippen LogP contribution in [0.4, 0.5) is 0 Å². The van der Waals surface area contributed by atoms with Gasteiger partial charge in [0.2, 0.25) is 0 Å². The normalized spacial score (nSPS) is 10.5. The van der Waals surface area contributed by atoms with Gasteiger partial charge in [0.1, 0.15) is 0 Å². The highest BCUT2D eigenvalue weighted by Gasteiger charge is 2.12. The van der Waals surface area contributed by atoms with Crippen LogP contribution in [-0.2, 0) is 19.6 Å². The summed E-state index contributed by atoms with van der Waals surface area (Å²) in [5, 5.41) is 8.81. The van der Waals surface area contributed by atoms with Gasteiger partial charge in [-0.05, 0) is 6.92 Å². The van der Waals surface area contributed by atoms with Crippen LogP contribution < -0.4 is 17.1 Å². The number of aliphatic hydroxyl groups is 1. The van der Waals surface area contributed by atoms with Gasteiger partial charge in [0.15, 0.2) is 0 Å². The Balaban J connectivity index is 3.69. The molecule has 1 aromatic heterocycles. The fourth-order valence-corrected chi connectivity index (χ4v) is 1.53. The smallest absolute Gasteiger partial charge is 0.336 e. The van der Waals surface area contributed by atoms with Crippen LogP contribution in [-0.4, -0.2) is 25.4 Å². The van der Waals surface area contributed by atoms with Crippen LogP contribution in [0.25, 0.3) is 0 Å². The second kappa shape index (κ2) is 5.44. The number of allylic oxidation sites excluding steroid dienone is 1. The summed E-state index contributed by atoms with van der Waals surface area (Å²) in [7, 11) is 0. The highest BCUT2D eigenvalue weighted by molar-refractivity contribution is 4.81. The Morgan fingerprint density at radius 3 is 2.12 bits per heavy atom. The quantitative estimate of drug-likeness (QED) is 0.627. The van der Waals surface area contributed by atoms with Gasteiger partial charge in [0.05, 0.1) is 19.7 Å². The summed E-state index contributed by atoms with van der Waals surface area (Å²) in [5.41, 5.74) is -2.08. The molecule has 7 nitrogen and oxygen atoms in total. The van der Waals surface area contributed by atoms with Crippen molar-refractivity contribution in [2.45, 2.75) is 26.6 Å². The minimum absolute atomic E-state index is 0.0311. The van der Waals surface area contributed by atoms with E-state index in [4.69, 9.17) is 5.11 Å². The molecule has 0 aliphatic rings. The standard InChI is InChI=1S/C10H15N3O4/c1-3-5-12-8(15)11(4-2)9(16)13(6-7-14)10(12)17/h3,14H,1,4-7H2,2H3. The van der Waals surface area contributed by atoms with Crippen molar-refractivity contribution in [1.29, 1.82) is 0 Å². The van der Waals surface area contributed by atoms with E-state index in [2.05, 4.69) is 6.58 Å². The van der Waals surface area contributed by atoms with E-state index in [1.54, 1.807) is 6.92 Å². The number of aromatic nitrogens is 3. The Bertz CT molecular complexity index is 579. The summed E-state index contributed by atoms with van der Waals surface area (Å²) < 4.78 is 2.70. The lowest BCUT2D eigenvalue weighted by Crippen LogP contribution is -2.54. The third-order valence-electron chi connectivity index (χ3n) is 2.34. The highest BCUT2D eigenvalue weighted by atomic mass is 16.3. The van der Waals surface area contributed by atoms with Crippen LogP contribution >= 0.6 is 0 Å². The first kappa shape index (κ1) is 13.2. The molecule has 0 aliphatic carbocycles. The zero-order valence-corrected chi connectivity index (χ0v) is 9.63. The fraction of sp³-hybridized carbons (Fsp3) is 0.500. The summed E-state index contributed by atoms with van der Waals surface area (Å²) in [6, 6.07) is 0. The molecule has 0 atom stereocenters. The molecule has 1 N–H and O–H groups in total. The number of hydrogen-bond acceptors (Lipinski definition) is 4. The van der Waals surface area contributed by atoms with E-state index in [0.717, 1.165) is 13.7 Å². The van der Waals surface area contributed by atoms with E-state index in [1.165, 1.54) is 6.08 Å². The number of aliphatic hydroxyl groups excluding tert-OH is 1. The molecule has 17 heavy (non-hydrogen) atoms. The van der Waals surface area contributed by atoms with Crippen molar-refractivity contribution in [3.63, 3.8) is 0 Å². The lowest BCUT2D eigenvalue weighted by atomic mass is 10.5. The van der Waals surface area contributed by atoms with E-state index in [0.29, 0.717) is 0 Å². The van der Waals surface area contributed by atoms with Gasteiger partial charge in [0.25, 0.3) is 0 Å². The molecular weight excluding hydrogens is 226 g/mol. The van der Waals surface area contributed by atoms with E-state index < -0.39 is 17.1 Å². The molecule has 1 heterocycles. The molecule has 7 heteroatoms. The largest absolute Gasteiger partial charge is 0.395 e. The molecule has 0 saturated carbocycles. The van der Waals surface area contributed by atoms with Gasteiger partial charge in [0, 0.05) is 6.54 Å². The first-order chi connectivity index (χ1) is 8.08. The molecule has 0 radical (unpaired) electrons. The molecular formula is C10H15N3O4. The third-order valence-corrected chi connectivity index (χ3v) is 2.34. The van der Waals surface area contributed by atoms with Gasteiger partial charge in [-0.25, -0.2) is 28.1 Å². The van der Waals surface area contributed by atoms with E-state index in [9.17, 15) is 14.4 Å². The van der Waals surface area contributed by atoms with Gasteiger partial charge in [-0.2, -0.15) is 0 Å². The first-order valence-electron chi connectivity index (χ1n) is 5.24. The molecule has 0 unspecified atom stereocenters. The molecule has 0 aromatic carbocycles. The molecule has 0 fully saturated rings. The molecule has 1 rings (SSSR count). The van der Waals surface area contributed by atoms with Crippen molar-refractivity contribution in [2.75, 3.05) is 6.61 Å². The minimum Gasteiger partial charge on any atom is -0.395 e. The van der Waals surface area contributed by atoms with E-state index in [-0.39, 0.29) is 26.2 Å². The van der Waals surface area contributed by atoms with Crippen LogP contribution in [0.3, 0.4) is 0 Å². The average molecular weight is 241 g/mol. The Morgan fingerprint density at radius 2 is 1.65 bits per heavy atom. The van der Waals surface area contributed by atoms with Crippen LogP contribution in [0, 0.1) is 0 Å². The summed E-state index contributed by atoms with van der Waals surface area (Å²) in [4.78, 5) is 35.4. The molecule has 94 valence electrons. The zero-order valence-electron chi connectivity index (χ0n) is 9.63. The highest BCUT2D eigenvalue weighted by Crippen LogP contribution is 1.77. The SMILES string of the molecule is C=CCn1c(=O)n(CC)c(=O)n(CCO)c1=O. The van der Waals surface area contributed by atoms with Gasteiger partial charge in [-0.1, -0.05) is 6.08 Å². The maximum atomic E-state index is 11.8. The second-order valence-corrected chi connectivity index (χ2v) is 3.37. The predicted octanol–water partition coefficient (Wildman–Crippen LogP) is -1.63. The van der Waals surface area contributed by atoms with Crippen molar-refractivity contribution in [2.24, 2.45) is 0 Å².